The topological polar surface area (TPSA) is 90.9 Å². The van der Waals surface area contributed by atoms with E-state index < -0.39 is 0 Å². The van der Waals surface area contributed by atoms with Crippen LogP contribution in [0.15, 0.2) is 18.2 Å². The minimum atomic E-state index is -0.315. The molecule has 1 aliphatic heterocycles. The predicted molar refractivity (Wildman–Crippen MR) is 99.3 cm³/mol. The quantitative estimate of drug-likeness (QED) is 0.601. The third-order valence-corrected chi connectivity index (χ3v) is 4.58. The number of likely N-dealkylation sites (tertiary alicyclic amines) is 1. The predicted octanol–water partition coefficient (Wildman–Crippen LogP) is 1.05. The van der Waals surface area contributed by atoms with Gasteiger partial charge < -0.3 is 20.5 Å². The molecular formula is C19H29N3O4. The number of likely N-dealkylation sites (N-methyl/N-ethyl adjacent to an activating group) is 1. The van der Waals surface area contributed by atoms with Gasteiger partial charge >= 0.3 is 0 Å². The number of carbonyl (C=O) groups excluding carboxylic acids is 2. The number of hydrogen-bond donors (Lipinski definition) is 3. The molecule has 1 heterocycles. The Hall–Kier alpha value is -2.12. The maximum Gasteiger partial charge on any atom is 0.255 e. The van der Waals surface area contributed by atoms with Crippen LogP contribution in [-0.2, 0) is 9.53 Å². The molecule has 0 aliphatic carbocycles. The summed E-state index contributed by atoms with van der Waals surface area (Å²) in [5, 5.41) is 15.8. The monoisotopic (exact) mass is 363 g/mol. The molecule has 0 radical (unpaired) electrons. The maximum atomic E-state index is 12.5. The van der Waals surface area contributed by atoms with E-state index in [1.807, 2.05) is 13.8 Å². The number of phenolic OH excluding ortho intramolecular Hbond substituents is 1. The average molecular weight is 363 g/mol. The highest BCUT2D eigenvalue weighted by molar-refractivity contribution is 5.97. The van der Waals surface area contributed by atoms with Gasteiger partial charge in [-0.2, -0.15) is 0 Å². The number of aryl methyl sites for hydroxylation is 1. The van der Waals surface area contributed by atoms with Gasteiger partial charge in [-0.25, -0.2) is 0 Å². The smallest absolute Gasteiger partial charge is 0.255 e. The van der Waals surface area contributed by atoms with E-state index in [2.05, 4.69) is 15.5 Å². The van der Waals surface area contributed by atoms with Crippen molar-refractivity contribution in [2.24, 2.45) is 0 Å². The zero-order valence-corrected chi connectivity index (χ0v) is 15.7. The van der Waals surface area contributed by atoms with E-state index in [-0.39, 0.29) is 35.2 Å². The lowest BCUT2D eigenvalue weighted by Gasteiger charge is -2.22. The van der Waals surface area contributed by atoms with Gasteiger partial charge in [-0.05, 0) is 38.8 Å². The molecule has 0 saturated carbocycles. The third kappa shape index (κ3) is 5.19. The van der Waals surface area contributed by atoms with E-state index in [1.165, 1.54) is 6.07 Å². The zero-order chi connectivity index (χ0) is 19.1. The molecule has 0 unspecified atom stereocenters. The molecule has 3 N–H and O–H groups in total. The van der Waals surface area contributed by atoms with Crippen molar-refractivity contribution < 1.29 is 19.4 Å². The van der Waals surface area contributed by atoms with Crippen LogP contribution in [0.1, 0.15) is 35.7 Å². The first-order chi connectivity index (χ1) is 12.5. The fourth-order valence-corrected chi connectivity index (χ4v) is 3.33. The number of methoxy groups -OCH3 is 1. The standard InChI is InChI=1S/C19H29N3O4/c1-4-20-19(25)16-11-14(12-22(16)8-5-9-26-3)21-18(24)15-10-13(2)6-7-17(15)23/h6-7,10,14,16,23H,4-5,8-9,11-12H2,1-3H3,(H,20,25)(H,21,24)/t14-,16-/m0/s1. The van der Waals surface area contributed by atoms with Crippen LogP contribution in [0.5, 0.6) is 5.75 Å². The van der Waals surface area contributed by atoms with Crippen LogP contribution in [0.25, 0.3) is 0 Å². The summed E-state index contributed by atoms with van der Waals surface area (Å²) >= 11 is 0. The van der Waals surface area contributed by atoms with Crippen LogP contribution in [0.3, 0.4) is 0 Å². The molecule has 1 fully saturated rings. The second-order valence-electron chi connectivity index (χ2n) is 6.68. The Morgan fingerprint density at radius 3 is 2.85 bits per heavy atom. The van der Waals surface area contributed by atoms with Crippen LogP contribution in [0.4, 0.5) is 0 Å². The minimum absolute atomic E-state index is 0.0138. The van der Waals surface area contributed by atoms with Gasteiger partial charge in [0.15, 0.2) is 0 Å². The highest BCUT2D eigenvalue weighted by Gasteiger charge is 2.37. The van der Waals surface area contributed by atoms with E-state index in [9.17, 15) is 14.7 Å². The van der Waals surface area contributed by atoms with Crippen LogP contribution in [0, 0.1) is 6.92 Å². The van der Waals surface area contributed by atoms with E-state index in [0.717, 1.165) is 18.5 Å². The molecule has 0 spiro atoms. The van der Waals surface area contributed by atoms with Gasteiger partial charge in [-0.15, -0.1) is 0 Å². The van der Waals surface area contributed by atoms with Crippen LogP contribution < -0.4 is 10.6 Å². The Morgan fingerprint density at radius 1 is 1.38 bits per heavy atom. The van der Waals surface area contributed by atoms with Crippen molar-refractivity contribution in [2.75, 3.05) is 33.4 Å². The molecule has 144 valence electrons. The number of hydrogen-bond acceptors (Lipinski definition) is 5. The van der Waals surface area contributed by atoms with Crippen molar-refractivity contribution in [1.29, 1.82) is 0 Å². The van der Waals surface area contributed by atoms with Gasteiger partial charge in [0.25, 0.3) is 5.91 Å². The Labute approximate surface area is 154 Å². The van der Waals surface area contributed by atoms with Crippen molar-refractivity contribution in [3.8, 4) is 5.75 Å². The molecule has 1 aromatic rings. The molecular weight excluding hydrogens is 334 g/mol. The second kappa shape index (κ2) is 9.54. The average Bonchev–Trinajstić information content (AvgIpc) is 3.00. The van der Waals surface area contributed by atoms with Gasteiger partial charge in [0, 0.05) is 39.4 Å². The van der Waals surface area contributed by atoms with E-state index in [1.54, 1.807) is 19.2 Å². The van der Waals surface area contributed by atoms with E-state index in [4.69, 9.17) is 4.74 Å². The third-order valence-electron chi connectivity index (χ3n) is 4.58. The summed E-state index contributed by atoms with van der Waals surface area (Å²) in [7, 11) is 1.66. The van der Waals surface area contributed by atoms with Crippen LogP contribution in [-0.4, -0.2) is 67.3 Å². The van der Waals surface area contributed by atoms with Gasteiger partial charge in [0.2, 0.25) is 5.91 Å². The molecule has 1 aromatic carbocycles. The molecule has 2 rings (SSSR count). The van der Waals surface area contributed by atoms with Crippen molar-refractivity contribution in [1.82, 2.24) is 15.5 Å². The number of phenols is 1. The summed E-state index contributed by atoms with van der Waals surface area (Å²) in [6.07, 6.45) is 1.38. The molecule has 1 aliphatic rings. The lowest BCUT2D eigenvalue weighted by atomic mass is 10.1. The van der Waals surface area contributed by atoms with Crippen molar-refractivity contribution in [3.63, 3.8) is 0 Å². The lowest BCUT2D eigenvalue weighted by Crippen LogP contribution is -2.43. The number of carbonyl (C=O) groups is 2. The Balaban J connectivity index is 2.03. The summed E-state index contributed by atoms with van der Waals surface area (Å²) in [4.78, 5) is 27.0. The highest BCUT2D eigenvalue weighted by Crippen LogP contribution is 2.22. The first kappa shape index (κ1) is 20.2. The normalized spacial score (nSPS) is 20.1. The second-order valence-corrected chi connectivity index (χ2v) is 6.68. The summed E-state index contributed by atoms with van der Waals surface area (Å²) < 4.78 is 5.09. The molecule has 0 aromatic heterocycles. The number of aromatic hydroxyl groups is 1. The zero-order valence-electron chi connectivity index (χ0n) is 15.7. The van der Waals surface area contributed by atoms with E-state index in [0.29, 0.717) is 26.1 Å². The fourth-order valence-electron chi connectivity index (χ4n) is 3.33. The number of amides is 2. The Morgan fingerprint density at radius 2 is 2.15 bits per heavy atom. The molecule has 26 heavy (non-hydrogen) atoms. The molecule has 7 heteroatoms. The molecule has 0 bridgehead atoms. The SMILES string of the molecule is CCNC(=O)[C@@H]1C[C@H](NC(=O)c2cc(C)ccc2O)CN1CCCOC. The van der Waals surface area contributed by atoms with Crippen molar-refractivity contribution in [3.05, 3.63) is 29.3 Å². The minimum Gasteiger partial charge on any atom is -0.507 e. The largest absolute Gasteiger partial charge is 0.507 e. The maximum absolute atomic E-state index is 12.5. The van der Waals surface area contributed by atoms with Gasteiger partial charge in [0.05, 0.1) is 11.6 Å². The van der Waals surface area contributed by atoms with Crippen molar-refractivity contribution >= 4 is 11.8 Å². The fraction of sp³-hybridized carbons (Fsp3) is 0.579. The van der Waals surface area contributed by atoms with Gasteiger partial charge in [-0.3, -0.25) is 14.5 Å². The van der Waals surface area contributed by atoms with E-state index >= 15 is 0 Å². The Kier molecular flexibility index (Phi) is 7.41. The summed E-state index contributed by atoms with van der Waals surface area (Å²) in [6, 6.07) is 4.54. The Bertz CT molecular complexity index is 635. The van der Waals surface area contributed by atoms with Crippen LogP contribution >= 0.6 is 0 Å². The van der Waals surface area contributed by atoms with Gasteiger partial charge in [0.1, 0.15) is 5.75 Å². The van der Waals surface area contributed by atoms with Crippen LogP contribution in [0.2, 0.25) is 0 Å². The van der Waals surface area contributed by atoms with Gasteiger partial charge in [-0.1, -0.05) is 11.6 Å². The summed E-state index contributed by atoms with van der Waals surface area (Å²) in [6.45, 7) is 6.31. The number of rotatable bonds is 8. The molecule has 2 amide bonds. The first-order valence-electron chi connectivity index (χ1n) is 9.07. The molecule has 1 saturated heterocycles. The molecule has 7 nitrogen and oxygen atoms in total. The number of nitrogens with one attached hydrogen (secondary N) is 2. The highest BCUT2D eigenvalue weighted by atomic mass is 16.5. The number of nitrogens with zero attached hydrogens (tertiary/aromatic N) is 1. The summed E-state index contributed by atoms with van der Waals surface area (Å²) in [5.41, 5.74) is 1.16. The van der Waals surface area contributed by atoms with Crippen molar-refractivity contribution in [2.45, 2.75) is 38.8 Å². The number of benzene rings is 1. The lowest BCUT2D eigenvalue weighted by molar-refractivity contribution is -0.125. The molecule has 2 atom stereocenters. The number of ether oxygens (including phenoxy) is 1. The first-order valence-corrected chi connectivity index (χ1v) is 9.07. The summed E-state index contributed by atoms with van der Waals surface area (Å²) in [5.74, 6) is -0.368.